The van der Waals surface area contributed by atoms with E-state index >= 15 is 0 Å². The van der Waals surface area contributed by atoms with Gasteiger partial charge in [0.15, 0.2) is 0 Å². The Labute approximate surface area is 134 Å². The van der Waals surface area contributed by atoms with Crippen LogP contribution in [0.1, 0.15) is 23.5 Å². The summed E-state index contributed by atoms with van der Waals surface area (Å²) in [5, 5.41) is 5.21. The third kappa shape index (κ3) is 2.75. The summed E-state index contributed by atoms with van der Waals surface area (Å²) in [5.41, 5.74) is 5.92. The first kappa shape index (κ1) is 13.8. The predicted octanol–water partition coefficient (Wildman–Crippen LogP) is 3.42. The van der Waals surface area contributed by atoms with Crippen LogP contribution in [0.25, 0.3) is 10.9 Å². The fourth-order valence-corrected chi connectivity index (χ4v) is 3.00. The second kappa shape index (κ2) is 5.72. The molecule has 0 radical (unpaired) electrons. The number of H-pyrrole nitrogens is 1. The second-order valence-electron chi connectivity index (χ2n) is 5.88. The van der Waals surface area contributed by atoms with Crippen molar-refractivity contribution in [2.24, 2.45) is 11.0 Å². The molecule has 1 fully saturated rings. The number of carbonyl (C=O) groups excluding carboxylic acids is 1. The molecule has 0 aliphatic heterocycles. The van der Waals surface area contributed by atoms with E-state index in [4.69, 9.17) is 0 Å². The molecule has 0 bridgehead atoms. The maximum atomic E-state index is 12.1. The number of benzene rings is 2. The van der Waals surface area contributed by atoms with Crippen LogP contribution in [-0.4, -0.2) is 17.1 Å². The summed E-state index contributed by atoms with van der Waals surface area (Å²) in [6, 6.07) is 18.2. The van der Waals surface area contributed by atoms with Crippen molar-refractivity contribution < 1.29 is 4.79 Å². The Morgan fingerprint density at radius 2 is 1.91 bits per heavy atom. The number of rotatable bonds is 4. The fourth-order valence-electron chi connectivity index (χ4n) is 3.00. The van der Waals surface area contributed by atoms with Crippen LogP contribution < -0.4 is 5.43 Å². The van der Waals surface area contributed by atoms with E-state index < -0.39 is 0 Å². The summed E-state index contributed by atoms with van der Waals surface area (Å²) in [6.45, 7) is 0. The highest BCUT2D eigenvalue weighted by atomic mass is 16.2. The first-order valence-corrected chi connectivity index (χ1v) is 7.77. The molecule has 1 aliphatic carbocycles. The number of para-hydroxylation sites is 1. The molecular weight excluding hydrogens is 286 g/mol. The average Bonchev–Trinajstić information content (AvgIpc) is 3.31. The van der Waals surface area contributed by atoms with Crippen molar-refractivity contribution in [3.63, 3.8) is 0 Å². The van der Waals surface area contributed by atoms with E-state index in [2.05, 4.69) is 27.6 Å². The van der Waals surface area contributed by atoms with Crippen LogP contribution in [0.5, 0.6) is 0 Å². The minimum Gasteiger partial charge on any atom is -0.361 e. The van der Waals surface area contributed by atoms with Crippen molar-refractivity contribution >= 4 is 23.0 Å². The summed E-state index contributed by atoms with van der Waals surface area (Å²) in [4.78, 5) is 15.3. The molecule has 23 heavy (non-hydrogen) atoms. The monoisotopic (exact) mass is 303 g/mol. The summed E-state index contributed by atoms with van der Waals surface area (Å²) in [5.74, 6) is 0.368. The molecule has 4 heteroatoms. The van der Waals surface area contributed by atoms with E-state index in [9.17, 15) is 4.79 Å². The molecule has 1 amide bonds. The van der Waals surface area contributed by atoms with Crippen LogP contribution in [0.3, 0.4) is 0 Å². The van der Waals surface area contributed by atoms with Gasteiger partial charge in [-0.05, 0) is 24.0 Å². The van der Waals surface area contributed by atoms with Gasteiger partial charge in [0.05, 0.1) is 6.21 Å². The topological polar surface area (TPSA) is 57.2 Å². The number of fused-ring (bicyclic) bond motifs is 1. The van der Waals surface area contributed by atoms with Gasteiger partial charge >= 0.3 is 0 Å². The number of hydrogen-bond acceptors (Lipinski definition) is 2. The molecule has 1 heterocycles. The van der Waals surface area contributed by atoms with Crippen molar-refractivity contribution in [3.8, 4) is 0 Å². The molecule has 4 nitrogen and oxygen atoms in total. The van der Waals surface area contributed by atoms with Crippen molar-refractivity contribution in [3.05, 3.63) is 71.9 Å². The van der Waals surface area contributed by atoms with Crippen LogP contribution in [0.2, 0.25) is 0 Å². The zero-order valence-electron chi connectivity index (χ0n) is 12.6. The number of nitrogens with one attached hydrogen (secondary N) is 2. The number of hydrazone groups is 1. The number of nitrogens with zero attached hydrogens (tertiary/aromatic N) is 1. The molecule has 0 unspecified atom stereocenters. The predicted molar refractivity (Wildman–Crippen MR) is 91.3 cm³/mol. The van der Waals surface area contributed by atoms with Crippen molar-refractivity contribution in [1.82, 2.24) is 10.4 Å². The Kier molecular flexibility index (Phi) is 3.42. The van der Waals surface area contributed by atoms with Gasteiger partial charge in [-0.2, -0.15) is 5.10 Å². The number of carbonyl (C=O) groups is 1. The lowest BCUT2D eigenvalue weighted by atomic mass is 10.1. The van der Waals surface area contributed by atoms with E-state index in [1.165, 1.54) is 5.56 Å². The first-order valence-electron chi connectivity index (χ1n) is 7.77. The lowest BCUT2D eigenvalue weighted by Crippen LogP contribution is -2.20. The average molecular weight is 303 g/mol. The highest BCUT2D eigenvalue weighted by molar-refractivity contribution is 5.99. The van der Waals surface area contributed by atoms with Crippen molar-refractivity contribution in [2.45, 2.75) is 12.3 Å². The SMILES string of the molecule is O=C(NN=Cc1c[nH]c2ccccc12)[C@H]1C[C@H]1c1ccccc1. The summed E-state index contributed by atoms with van der Waals surface area (Å²) >= 11 is 0. The normalized spacial score (nSPS) is 20.0. The van der Waals surface area contributed by atoms with Gasteiger partial charge in [-0.25, -0.2) is 5.43 Å². The molecule has 4 rings (SSSR count). The molecule has 0 saturated heterocycles. The van der Waals surface area contributed by atoms with E-state index in [0.29, 0.717) is 5.92 Å². The van der Waals surface area contributed by atoms with Crippen molar-refractivity contribution in [1.29, 1.82) is 0 Å². The number of aromatic nitrogens is 1. The molecule has 2 N–H and O–H groups in total. The number of hydrogen-bond donors (Lipinski definition) is 2. The Balaban J connectivity index is 1.39. The molecule has 0 spiro atoms. The third-order valence-corrected chi connectivity index (χ3v) is 4.35. The lowest BCUT2D eigenvalue weighted by Gasteiger charge is -1.99. The zero-order chi connectivity index (χ0) is 15.6. The Morgan fingerprint density at radius 1 is 1.13 bits per heavy atom. The largest absolute Gasteiger partial charge is 0.361 e. The third-order valence-electron chi connectivity index (χ3n) is 4.35. The van der Waals surface area contributed by atoms with Gasteiger partial charge in [0.1, 0.15) is 0 Å². The van der Waals surface area contributed by atoms with E-state index in [1.807, 2.05) is 48.7 Å². The standard InChI is InChI=1S/C19H17N3O/c23-19(17-10-16(17)13-6-2-1-3-7-13)22-21-12-14-11-20-18-9-5-4-8-15(14)18/h1-9,11-12,16-17,20H,10H2,(H,22,23)/t16-,17-/m0/s1. The van der Waals surface area contributed by atoms with Crippen LogP contribution in [-0.2, 0) is 4.79 Å². The Bertz CT molecular complexity index is 866. The van der Waals surface area contributed by atoms with Gasteiger partial charge in [0, 0.05) is 28.6 Å². The van der Waals surface area contributed by atoms with Gasteiger partial charge in [-0.15, -0.1) is 0 Å². The van der Waals surface area contributed by atoms with Crippen LogP contribution in [0, 0.1) is 5.92 Å². The minimum atomic E-state index is -0.00468. The van der Waals surface area contributed by atoms with Crippen molar-refractivity contribution in [2.75, 3.05) is 0 Å². The second-order valence-corrected chi connectivity index (χ2v) is 5.88. The van der Waals surface area contributed by atoms with Gasteiger partial charge < -0.3 is 4.98 Å². The summed E-state index contributed by atoms with van der Waals surface area (Å²) in [7, 11) is 0. The maximum absolute atomic E-state index is 12.1. The molecule has 2 aromatic carbocycles. The van der Waals surface area contributed by atoms with Gasteiger partial charge in [0.25, 0.3) is 0 Å². The molecule has 2 atom stereocenters. The quantitative estimate of drug-likeness (QED) is 0.563. The molecular formula is C19H17N3O. The van der Waals surface area contributed by atoms with Crippen LogP contribution in [0.4, 0.5) is 0 Å². The van der Waals surface area contributed by atoms with Crippen LogP contribution in [0.15, 0.2) is 65.9 Å². The minimum absolute atomic E-state index is 0.00468. The Morgan fingerprint density at radius 3 is 2.78 bits per heavy atom. The zero-order valence-corrected chi connectivity index (χ0v) is 12.6. The lowest BCUT2D eigenvalue weighted by molar-refractivity contribution is -0.122. The molecule has 3 aromatic rings. The summed E-state index contributed by atoms with van der Waals surface area (Å²) in [6.07, 6.45) is 4.49. The number of aromatic amines is 1. The van der Waals surface area contributed by atoms with E-state index in [-0.39, 0.29) is 11.8 Å². The van der Waals surface area contributed by atoms with Crippen LogP contribution >= 0.6 is 0 Å². The first-order chi connectivity index (χ1) is 11.3. The molecule has 114 valence electrons. The molecule has 1 saturated carbocycles. The van der Waals surface area contributed by atoms with Gasteiger partial charge in [-0.1, -0.05) is 48.5 Å². The fraction of sp³-hybridized carbons (Fsp3) is 0.158. The molecule has 1 aromatic heterocycles. The highest BCUT2D eigenvalue weighted by Gasteiger charge is 2.43. The number of amides is 1. The van der Waals surface area contributed by atoms with Gasteiger partial charge in [0.2, 0.25) is 5.91 Å². The Hall–Kier alpha value is -2.88. The summed E-state index contributed by atoms with van der Waals surface area (Å²) < 4.78 is 0. The smallest absolute Gasteiger partial charge is 0.243 e. The van der Waals surface area contributed by atoms with Gasteiger partial charge in [-0.3, -0.25) is 4.79 Å². The van der Waals surface area contributed by atoms with E-state index in [0.717, 1.165) is 22.9 Å². The van der Waals surface area contributed by atoms with E-state index in [1.54, 1.807) is 6.21 Å². The molecule has 1 aliphatic rings. The maximum Gasteiger partial charge on any atom is 0.243 e. The highest BCUT2D eigenvalue weighted by Crippen LogP contribution is 2.47.